The molecule has 0 bridgehead atoms. The zero-order valence-corrected chi connectivity index (χ0v) is 14.5. The SMILES string of the molecule is CCCN=C(N)C(C(=O)OCC(=O)c1ccc(OC)cc1F)=C(C)N. The number of rotatable bonds is 8. The molecule has 0 unspecified atom stereocenters. The Bertz CT molecular complexity index is 710. The number of benzene rings is 1. The summed E-state index contributed by atoms with van der Waals surface area (Å²) in [7, 11) is 1.38. The maximum atomic E-state index is 13.9. The van der Waals surface area contributed by atoms with Crippen molar-refractivity contribution in [3.05, 3.63) is 40.8 Å². The first kappa shape index (κ1) is 20.1. The number of ether oxygens (including phenoxy) is 2. The van der Waals surface area contributed by atoms with Crippen LogP contribution in [0.15, 0.2) is 34.5 Å². The van der Waals surface area contributed by atoms with E-state index in [9.17, 15) is 14.0 Å². The molecule has 0 saturated carbocycles. The highest BCUT2D eigenvalue weighted by Crippen LogP contribution is 2.17. The maximum absolute atomic E-state index is 13.9. The predicted molar refractivity (Wildman–Crippen MR) is 91.9 cm³/mol. The van der Waals surface area contributed by atoms with E-state index < -0.39 is 24.2 Å². The zero-order valence-electron chi connectivity index (χ0n) is 14.5. The molecule has 0 radical (unpaired) electrons. The minimum Gasteiger partial charge on any atom is -0.497 e. The van der Waals surface area contributed by atoms with Crippen LogP contribution in [0.3, 0.4) is 0 Å². The average molecular weight is 351 g/mol. The van der Waals surface area contributed by atoms with Gasteiger partial charge in [0, 0.05) is 18.3 Å². The highest BCUT2D eigenvalue weighted by atomic mass is 19.1. The predicted octanol–water partition coefficient (Wildman–Crippen LogP) is 1.56. The fraction of sp³-hybridized carbons (Fsp3) is 0.353. The van der Waals surface area contributed by atoms with E-state index in [1.807, 2.05) is 6.92 Å². The highest BCUT2D eigenvalue weighted by molar-refractivity contribution is 6.19. The minimum atomic E-state index is -0.889. The molecule has 0 aliphatic rings. The number of Topliss-reactive ketones (excluding diaryl/α,β-unsaturated/α-hetero) is 1. The second-order valence-corrected chi connectivity index (χ2v) is 5.17. The number of aliphatic imine (C=N–C) groups is 1. The third-order valence-electron chi connectivity index (χ3n) is 3.17. The molecule has 0 aliphatic heterocycles. The number of ketones is 1. The summed E-state index contributed by atoms with van der Waals surface area (Å²) < 4.78 is 23.6. The number of halogens is 1. The number of nitrogens with zero attached hydrogens (tertiary/aromatic N) is 1. The van der Waals surface area contributed by atoms with Crippen LogP contribution in [0, 0.1) is 5.82 Å². The molecule has 0 spiro atoms. The Balaban J connectivity index is 2.83. The van der Waals surface area contributed by atoms with Gasteiger partial charge in [-0.3, -0.25) is 9.79 Å². The lowest BCUT2D eigenvalue weighted by atomic mass is 10.1. The van der Waals surface area contributed by atoms with Gasteiger partial charge in [-0.15, -0.1) is 0 Å². The summed E-state index contributed by atoms with van der Waals surface area (Å²) in [5.41, 5.74) is 11.2. The van der Waals surface area contributed by atoms with E-state index in [1.165, 1.54) is 26.2 Å². The van der Waals surface area contributed by atoms with E-state index in [2.05, 4.69) is 4.99 Å². The lowest BCUT2D eigenvalue weighted by Crippen LogP contribution is -2.28. The lowest BCUT2D eigenvalue weighted by molar-refractivity contribution is -0.137. The fourth-order valence-electron chi connectivity index (χ4n) is 1.91. The molecule has 8 heteroatoms. The second kappa shape index (κ2) is 9.41. The molecular formula is C17H22FN3O4. The summed E-state index contributed by atoms with van der Waals surface area (Å²) in [5, 5.41) is 0. The molecular weight excluding hydrogens is 329 g/mol. The number of nitrogens with two attached hydrogens (primary N) is 2. The molecule has 7 nitrogen and oxygen atoms in total. The van der Waals surface area contributed by atoms with Gasteiger partial charge in [0.25, 0.3) is 0 Å². The molecule has 0 fully saturated rings. The van der Waals surface area contributed by atoms with E-state index in [0.717, 1.165) is 12.5 Å². The topological polar surface area (TPSA) is 117 Å². The van der Waals surface area contributed by atoms with Crippen LogP contribution in [0.25, 0.3) is 0 Å². The van der Waals surface area contributed by atoms with E-state index in [1.54, 1.807) is 0 Å². The average Bonchev–Trinajstić information content (AvgIpc) is 2.57. The standard InChI is InChI=1S/C17H22FN3O4/c1-4-7-21-16(20)15(10(2)19)17(23)25-9-14(22)12-6-5-11(24-3)8-13(12)18/h5-6,8H,4,7,9,19H2,1-3H3,(H2,20,21). The van der Waals surface area contributed by atoms with Crippen molar-refractivity contribution in [3.63, 3.8) is 0 Å². The van der Waals surface area contributed by atoms with Crippen molar-refractivity contribution in [1.29, 1.82) is 0 Å². The number of carbonyl (C=O) groups excluding carboxylic acids is 2. The van der Waals surface area contributed by atoms with Crippen LogP contribution in [0.1, 0.15) is 30.6 Å². The van der Waals surface area contributed by atoms with Crippen LogP contribution in [-0.2, 0) is 9.53 Å². The van der Waals surface area contributed by atoms with Gasteiger partial charge in [0.15, 0.2) is 6.61 Å². The van der Waals surface area contributed by atoms with Gasteiger partial charge in [0.2, 0.25) is 5.78 Å². The number of methoxy groups -OCH3 is 1. The number of hydrogen-bond donors (Lipinski definition) is 2. The third kappa shape index (κ3) is 5.59. The van der Waals surface area contributed by atoms with Crippen molar-refractivity contribution >= 4 is 17.6 Å². The summed E-state index contributed by atoms with van der Waals surface area (Å²) in [6.07, 6.45) is 0.738. The van der Waals surface area contributed by atoms with Gasteiger partial charge in [-0.2, -0.15) is 0 Å². The van der Waals surface area contributed by atoms with Crippen LogP contribution in [0.2, 0.25) is 0 Å². The Kier molecular flexibility index (Phi) is 7.58. The molecule has 4 N–H and O–H groups in total. The molecule has 0 amide bonds. The smallest absolute Gasteiger partial charge is 0.344 e. The van der Waals surface area contributed by atoms with Crippen molar-refractivity contribution in [1.82, 2.24) is 0 Å². The van der Waals surface area contributed by atoms with Gasteiger partial charge in [0.1, 0.15) is 23.0 Å². The molecule has 1 aromatic carbocycles. The van der Waals surface area contributed by atoms with Crippen LogP contribution in [-0.4, -0.2) is 37.8 Å². The molecule has 1 aromatic rings. The molecule has 1 rings (SSSR count). The molecule has 0 heterocycles. The van der Waals surface area contributed by atoms with Gasteiger partial charge >= 0.3 is 5.97 Å². The molecule has 0 aromatic heterocycles. The maximum Gasteiger partial charge on any atom is 0.344 e. The first-order chi connectivity index (χ1) is 11.8. The molecule has 0 saturated heterocycles. The number of amidine groups is 1. The molecule has 0 atom stereocenters. The number of carbonyl (C=O) groups is 2. The Hall–Kier alpha value is -2.90. The van der Waals surface area contributed by atoms with Crippen molar-refractivity contribution in [3.8, 4) is 5.75 Å². The normalized spacial score (nSPS) is 12.4. The van der Waals surface area contributed by atoms with E-state index in [0.29, 0.717) is 6.54 Å². The first-order valence-electron chi connectivity index (χ1n) is 7.62. The fourth-order valence-corrected chi connectivity index (χ4v) is 1.91. The Labute approximate surface area is 145 Å². The van der Waals surface area contributed by atoms with Crippen LogP contribution in [0.4, 0.5) is 4.39 Å². The largest absolute Gasteiger partial charge is 0.497 e. The van der Waals surface area contributed by atoms with Gasteiger partial charge in [-0.05, 0) is 25.5 Å². The van der Waals surface area contributed by atoms with Gasteiger partial charge in [-0.25, -0.2) is 9.18 Å². The van der Waals surface area contributed by atoms with Crippen LogP contribution >= 0.6 is 0 Å². The first-order valence-corrected chi connectivity index (χ1v) is 7.62. The Morgan fingerprint density at radius 1 is 1.28 bits per heavy atom. The number of esters is 1. The van der Waals surface area contributed by atoms with E-state index in [-0.39, 0.29) is 28.4 Å². The van der Waals surface area contributed by atoms with E-state index in [4.69, 9.17) is 20.9 Å². The van der Waals surface area contributed by atoms with Gasteiger partial charge in [-0.1, -0.05) is 6.92 Å². The second-order valence-electron chi connectivity index (χ2n) is 5.17. The molecule has 25 heavy (non-hydrogen) atoms. The summed E-state index contributed by atoms with van der Waals surface area (Å²) in [5.74, 6) is -2.15. The van der Waals surface area contributed by atoms with Crippen molar-refractivity contribution in [2.45, 2.75) is 20.3 Å². The van der Waals surface area contributed by atoms with Gasteiger partial charge < -0.3 is 20.9 Å². The zero-order chi connectivity index (χ0) is 19.0. The quantitative estimate of drug-likeness (QED) is 0.241. The van der Waals surface area contributed by atoms with Crippen LogP contribution < -0.4 is 16.2 Å². The Morgan fingerprint density at radius 3 is 2.48 bits per heavy atom. The highest BCUT2D eigenvalue weighted by Gasteiger charge is 2.20. The third-order valence-corrected chi connectivity index (χ3v) is 3.17. The lowest BCUT2D eigenvalue weighted by Gasteiger charge is -2.10. The Morgan fingerprint density at radius 2 is 1.96 bits per heavy atom. The number of allylic oxidation sites excluding steroid dienone is 1. The van der Waals surface area contributed by atoms with Crippen molar-refractivity contribution in [2.24, 2.45) is 16.5 Å². The summed E-state index contributed by atoms with van der Waals surface area (Å²) in [6.45, 7) is 3.14. The summed E-state index contributed by atoms with van der Waals surface area (Å²) >= 11 is 0. The minimum absolute atomic E-state index is 0.0603. The van der Waals surface area contributed by atoms with Crippen molar-refractivity contribution in [2.75, 3.05) is 20.3 Å². The van der Waals surface area contributed by atoms with Crippen molar-refractivity contribution < 1.29 is 23.5 Å². The monoisotopic (exact) mass is 351 g/mol. The molecule has 0 aliphatic carbocycles. The van der Waals surface area contributed by atoms with E-state index >= 15 is 0 Å². The molecule has 136 valence electrons. The summed E-state index contributed by atoms with van der Waals surface area (Å²) in [6, 6.07) is 3.76. The summed E-state index contributed by atoms with van der Waals surface area (Å²) in [4.78, 5) is 28.2. The van der Waals surface area contributed by atoms with Gasteiger partial charge in [0.05, 0.1) is 12.7 Å². The number of hydrogen-bond acceptors (Lipinski definition) is 6. The van der Waals surface area contributed by atoms with Crippen LogP contribution in [0.5, 0.6) is 5.75 Å².